The Bertz CT molecular complexity index is 308. The van der Waals surface area contributed by atoms with Gasteiger partial charge in [0.05, 0.1) is 12.1 Å². The van der Waals surface area contributed by atoms with Crippen LogP contribution >= 0.6 is 11.8 Å². The largest absolute Gasteiger partial charge is 0.391 e. The first-order valence-corrected chi connectivity index (χ1v) is 6.60. The molecule has 1 heterocycles. The van der Waals surface area contributed by atoms with E-state index in [9.17, 15) is 14.7 Å². The molecule has 4 nitrogen and oxygen atoms in total. The summed E-state index contributed by atoms with van der Waals surface area (Å²) < 4.78 is 0. The average Bonchev–Trinajstić information content (AvgIpc) is 2.71. The van der Waals surface area contributed by atoms with Gasteiger partial charge >= 0.3 is 0 Å². The second kappa shape index (κ2) is 4.75. The molecule has 2 aliphatic rings. The number of carbonyl (C=O) groups excluding carboxylic acids is 2. The summed E-state index contributed by atoms with van der Waals surface area (Å²) in [4.78, 5) is 24.5. The molecule has 0 radical (unpaired) electrons. The zero-order valence-corrected chi connectivity index (χ0v) is 10.2. The Morgan fingerprint density at radius 3 is 2.81 bits per heavy atom. The van der Waals surface area contributed by atoms with Crippen LogP contribution in [0.15, 0.2) is 0 Å². The molecule has 1 saturated heterocycles. The topological polar surface area (TPSA) is 57.6 Å². The lowest BCUT2D eigenvalue weighted by Gasteiger charge is -2.26. The van der Waals surface area contributed by atoms with Crippen LogP contribution in [0.1, 0.15) is 32.6 Å². The maximum absolute atomic E-state index is 11.8. The number of amides is 1. The zero-order valence-electron chi connectivity index (χ0n) is 9.39. The molecule has 0 bridgehead atoms. The molecule has 2 rings (SSSR count). The molecule has 0 spiro atoms. The van der Waals surface area contributed by atoms with Crippen molar-refractivity contribution in [1.82, 2.24) is 4.90 Å². The van der Waals surface area contributed by atoms with Gasteiger partial charge in [0.2, 0.25) is 5.91 Å². The van der Waals surface area contributed by atoms with Gasteiger partial charge in [0.25, 0.3) is 0 Å². The molecule has 2 fully saturated rings. The van der Waals surface area contributed by atoms with Crippen LogP contribution in [0.2, 0.25) is 0 Å². The van der Waals surface area contributed by atoms with Gasteiger partial charge in [-0.3, -0.25) is 9.59 Å². The predicted octanol–water partition coefficient (Wildman–Crippen LogP) is 0.780. The number of carbonyl (C=O) groups is 2. The molecular formula is C11H17NO3S. The minimum atomic E-state index is -0.370. The lowest BCUT2D eigenvalue weighted by Crippen LogP contribution is -2.41. The van der Waals surface area contributed by atoms with Gasteiger partial charge in [0, 0.05) is 25.1 Å². The molecule has 90 valence electrons. The van der Waals surface area contributed by atoms with Gasteiger partial charge in [-0.05, 0) is 19.3 Å². The van der Waals surface area contributed by atoms with Crippen LogP contribution in [0.25, 0.3) is 0 Å². The van der Waals surface area contributed by atoms with Crippen LogP contribution in [0.3, 0.4) is 0 Å². The van der Waals surface area contributed by atoms with Crippen LogP contribution in [0.4, 0.5) is 0 Å². The number of thioether (sulfide) groups is 1. The van der Waals surface area contributed by atoms with Gasteiger partial charge in [-0.2, -0.15) is 0 Å². The van der Waals surface area contributed by atoms with E-state index in [1.54, 1.807) is 4.90 Å². The number of aliphatic hydroxyl groups excluding tert-OH is 1. The Hall–Kier alpha value is -0.550. The third kappa shape index (κ3) is 2.40. The Morgan fingerprint density at radius 1 is 1.50 bits per heavy atom. The highest BCUT2D eigenvalue weighted by molar-refractivity contribution is 8.14. The molecule has 0 aromatic carbocycles. The van der Waals surface area contributed by atoms with Crippen molar-refractivity contribution in [2.45, 2.75) is 50.0 Å². The smallest absolute Gasteiger partial charge is 0.224 e. The van der Waals surface area contributed by atoms with Crippen molar-refractivity contribution in [3.8, 4) is 0 Å². The molecule has 1 N–H and O–H groups in total. The van der Waals surface area contributed by atoms with E-state index in [0.29, 0.717) is 13.0 Å². The number of hydrogen-bond acceptors (Lipinski definition) is 4. The van der Waals surface area contributed by atoms with Crippen molar-refractivity contribution >= 4 is 22.8 Å². The molecule has 5 heteroatoms. The fourth-order valence-electron chi connectivity index (χ4n) is 2.62. The van der Waals surface area contributed by atoms with Crippen molar-refractivity contribution in [3.05, 3.63) is 0 Å². The fourth-order valence-corrected chi connectivity index (χ4v) is 3.55. The van der Waals surface area contributed by atoms with E-state index in [0.717, 1.165) is 19.3 Å². The van der Waals surface area contributed by atoms with Crippen molar-refractivity contribution in [2.75, 3.05) is 6.54 Å². The maximum atomic E-state index is 11.8. The molecule has 3 atom stereocenters. The third-order valence-corrected chi connectivity index (χ3v) is 4.28. The summed E-state index contributed by atoms with van der Waals surface area (Å²) in [6.07, 6.45) is 2.74. The third-order valence-electron chi connectivity index (χ3n) is 3.30. The first kappa shape index (κ1) is 11.9. The van der Waals surface area contributed by atoms with E-state index in [4.69, 9.17) is 0 Å². The number of nitrogens with zero attached hydrogens (tertiary/aromatic N) is 1. The molecular weight excluding hydrogens is 226 g/mol. The molecule has 1 aliphatic heterocycles. The van der Waals surface area contributed by atoms with Gasteiger partial charge in [0.15, 0.2) is 5.12 Å². The van der Waals surface area contributed by atoms with E-state index in [2.05, 4.69) is 0 Å². The molecule has 3 unspecified atom stereocenters. The summed E-state index contributed by atoms with van der Waals surface area (Å²) in [6, 6.07) is -0.00921. The van der Waals surface area contributed by atoms with Gasteiger partial charge in [0.1, 0.15) is 0 Å². The summed E-state index contributed by atoms with van der Waals surface area (Å²) >= 11 is 1.25. The molecule has 1 aliphatic carbocycles. The summed E-state index contributed by atoms with van der Waals surface area (Å²) in [5, 5.41) is 9.91. The van der Waals surface area contributed by atoms with E-state index in [-0.39, 0.29) is 28.4 Å². The SMILES string of the molecule is CC(=O)SC1CC(=O)N(C2CCCC2O)C1. The Labute approximate surface area is 99.4 Å². The summed E-state index contributed by atoms with van der Waals surface area (Å²) in [5.74, 6) is 0.0877. The zero-order chi connectivity index (χ0) is 11.7. The first-order chi connectivity index (χ1) is 7.58. The lowest BCUT2D eigenvalue weighted by atomic mass is 10.2. The summed E-state index contributed by atoms with van der Waals surface area (Å²) in [7, 11) is 0. The van der Waals surface area contributed by atoms with E-state index in [1.807, 2.05) is 0 Å². The minimum Gasteiger partial charge on any atom is -0.391 e. The van der Waals surface area contributed by atoms with Gasteiger partial charge in [-0.1, -0.05) is 11.8 Å². The fraction of sp³-hybridized carbons (Fsp3) is 0.818. The number of aliphatic hydroxyl groups is 1. The van der Waals surface area contributed by atoms with Crippen LogP contribution in [-0.4, -0.2) is 45.0 Å². The first-order valence-electron chi connectivity index (χ1n) is 5.72. The molecule has 0 aromatic heterocycles. The quantitative estimate of drug-likeness (QED) is 0.778. The number of likely N-dealkylation sites (tertiary alicyclic amines) is 1. The van der Waals surface area contributed by atoms with Crippen LogP contribution < -0.4 is 0 Å². The van der Waals surface area contributed by atoms with Crippen LogP contribution in [0, 0.1) is 0 Å². The highest BCUT2D eigenvalue weighted by Crippen LogP contribution is 2.31. The van der Waals surface area contributed by atoms with Crippen LogP contribution in [0.5, 0.6) is 0 Å². The number of hydrogen-bond donors (Lipinski definition) is 1. The van der Waals surface area contributed by atoms with E-state index < -0.39 is 0 Å². The standard InChI is InChI=1S/C11H17NO3S/c1-7(13)16-8-5-11(15)12(6-8)9-3-2-4-10(9)14/h8-10,14H,2-6H2,1H3. The number of rotatable bonds is 2. The summed E-state index contributed by atoms with van der Waals surface area (Å²) in [5.41, 5.74) is 0. The highest BCUT2D eigenvalue weighted by atomic mass is 32.2. The van der Waals surface area contributed by atoms with Crippen molar-refractivity contribution in [1.29, 1.82) is 0 Å². The monoisotopic (exact) mass is 243 g/mol. The van der Waals surface area contributed by atoms with E-state index >= 15 is 0 Å². The Balaban J connectivity index is 1.96. The summed E-state index contributed by atoms with van der Waals surface area (Å²) in [6.45, 7) is 2.15. The van der Waals surface area contributed by atoms with Gasteiger partial charge < -0.3 is 10.0 Å². The lowest BCUT2D eigenvalue weighted by molar-refractivity contribution is -0.131. The minimum absolute atomic E-state index is 0.00921. The van der Waals surface area contributed by atoms with Crippen molar-refractivity contribution in [2.24, 2.45) is 0 Å². The highest BCUT2D eigenvalue weighted by Gasteiger charge is 2.39. The van der Waals surface area contributed by atoms with Crippen LogP contribution in [-0.2, 0) is 9.59 Å². The average molecular weight is 243 g/mol. The Morgan fingerprint density at radius 2 is 2.25 bits per heavy atom. The van der Waals surface area contributed by atoms with Gasteiger partial charge in [-0.15, -0.1) is 0 Å². The normalized spacial score (nSPS) is 34.8. The molecule has 1 saturated carbocycles. The maximum Gasteiger partial charge on any atom is 0.224 e. The van der Waals surface area contributed by atoms with Crippen molar-refractivity contribution < 1.29 is 14.7 Å². The second-order valence-electron chi connectivity index (χ2n) is 4.55. The van der Waals surface area contributed by atoms with E-state index in [1.165, 1.54) is 18.7 Å². The predicted molar refractivity (Wildman–Crippen MR) is 62.0 cm³/mol. The van der Waals surface area contributed by atoms with Gasteiger partial charge in [-0.25, -0.2) is 0 Å². The molecule has 1 amide bonds. The van der Waals surface area contributed by atoms with Crippen molar-refractivity contribution in [3.63, 3.8) is 0 Å². The molecule has 0 aromatic rings. The Kier molecular flexibility index (Phi) is 3.54. The molecule has 16 heavy (non-hydrogen) atoms. The second-order valence-corrected chi connectivity index (χ2v) is 6.02.